The summed E-state index contributed by atoms with van der Waals surface area (Å²) in [5.74, 6) is -0.487. The predicted octanol–water partition coefficient (Wildman–Crippen LogP) is -0.168. The molecule has 8 heteroatoms. The van der Waals surface area contributed by atoms with Crippen molar-refractivity contribution in [2.24, 2.45) is 0 Å². The number of nitrogens with zero attached hydrogens (tertiary/aromatic N) is 1. The molecule has 0 unspecified atom stereocenters. The predicted molar refractivity (Wildman–Crippen MR) is 54.5 cm³/mol. The number of aromatic amines is 1. The first-order valence-electron chi connectivity index (χ1n) is 4.82. The number of H-pyrrole nitrogens is 1. The zero-order valence-electron chi connectivity index (χ0n) is 9.07. The lowest BCUT2D eigenvalue weighted by molar-refractivity contribution is 0.0140. The van der Waals surface area contributed by atoms with Gasteiger partial charge in [-0.2, -0.15) is 0 Å². The molecule has 6 nitrogen and oxygen atoms in total. The van der Waals surface area contributed by atoms with Crippen molar-refractivity contribution in [1.82, 2.24) is 9.55 Å². The second-order valence-electron chi connectivity index (χ2n) is 3.33. The average Bonchev–Trinajstić information content (AvgIpc) is 2.24. The van der Waals surface area contributed by atoms with Gasteiger partial charge in [0.15, 0.2) is 0 Å². The molecule has 0 aromatic carbocycles. The molecule has 17 heavy (non-hydrogen) atoms. The van der Waals surface area contributed by atoms with E-state index in [-0.39, 0.29) is 18.7 Å². The van der Waals surface area contributed by atoms with E-state index in [2.05, 4.69) is 4.74 Å². The van der Waals surface area contributed by atoms with Gasteiger partial charge in [0.05, 0.1) is 18.7 Å². The fourth-order valence-electron chi connectivity index (χ4n) is 1.19. The van der Waals surface area contributed by atoms with Crippen molar-refractivity contribution in [1.29, 1.82) is 0 Å². The van der Waals surface area contributed by atoms with Gasteiger partial charge in [0.2, 0.25) is 5.88 Å². The summed E-state index contributed by atoms with van der Waals surface area (Å²) in [6.07, 6.45) is -2.59. The second-order valence-corrected chi connectivity index (χ2v) is 3.33. The van der Waals surface area contributed by atoms with Crippen LogP contribution in [0.1, 0.15) is 5.56 Å². The van der Waals surface area contributed by atoms with Crippen LogP contribution in [0.25, 0.3) is 0 Å². The summed E-state index contributed by atoms with van der Waals surface area (Å²) in [5.41, 5.74) is -1.51. The minimum atomic E-state index is -2.59. The third-order valence-corrected chi connectivity index (χ3v) is 2.10. The van der Waals surface area contributed by atoms with Crippen molar-refractivity contribution in [3.8, 4) is 5.88 Å². The molecule has 1 rings (SSSR count). The highest BCUT2D eigenvalue weighted by Gasteiger charge is 2.10. The van der Waals surface area contributed by atoms with Crippen LogP contribution in [0.15, 0.2) is 9.59 Å². The Labute approximate surface area is 94.5 Å². The Morgan fingerprint density at radius 3 is 2.71 bits per heavy atom. The lowest BCUT2D eigenvalue weighted by Crippen LogP contribution is -2.32. The van der Waals surface area contributed by atoms with E-state index in [1.165, 1.54) is 6.92 Å². The number of aromatic nitrogens is 2. The van der Waals surface area contributed by atoms with Crippen LogP contribution in [-0.4, -0.2) is 34.3 Å². The van der Waals surface area contributed by atoms with Gasteiger partial charge in [-0.1, -0.05) is 0 Å². The quantitative estimate of drug-likeness (QED) is 0.711. The summed E-state index contributed by atoms with van der Waals surface area (Å²) >= 11 is 0. The number of rotatable bonds is 5. The van der Waals surface area contributed by atoms with E-state index < -0.39 is 30.2 Å². The van der Waals surface area contributed by atoms with Gasteiger partial charge in [0.25, 0.3) is 12.0 Å². The Morgan fingerprint density at radius 2 is 2.12 bits per heavy atom. The van der Waals surface area contributed by atoms with Crippen molar-refractivity contribution >= 4 is 0 Å². The first kappa shape index (κ1) is 13.4. The minimum absolute atomic E-state index is 0.0153. The highest BCUT2D eigenvalue weighted by Crippen LogP contribution is 2.07. The first-order chi connectivity index (χ1) is 7.93. The molecule has 0 aliphatic carbocycles. The van der Waals surface area contributed by atoms with Crippen LogP contribution in [0, 0.1) is 6.92 Å². The molecule has 0 atom stereocenters. The van der Waals surface area contributed by atoms with Gasteiger partial charge in [-0.15, -0.1) is 0 Å². The van der Waals surface area contributed by atoms with Crippen molar-refractivity contribution in [2.75, 3.05) is 13.2 Å². The molecule has 1 aromatic heterocycles. The molecule has 2 N–H and O–H groups in total. The first-order valence-corrected chi connectivity index (χ1v) is 4.82. The Kier molecular flexibility index (Phi) is 4.38. The van der Waals surface area contributed by atoms with Gasteiger partial charge < -0.3 is 9.84 Å². The van der Waals surface area contributed by atoms with E-state index >= 15 is 0 Å². The molecule has 0 radical (unpaired) electrons. The molecule has 1 aromatic rings. The van der Waals surface area contributed by atoms with Crippen molar-refractivity contribution in [3.63, 3.8) is 0 Å². The summed E-state index contributed by atoms with van der Waals surface area (Å²) in [5, 5.41) is 9.51. The Morgan fingerprint density at radius 1 is 1.47 bits per heavy atom. The number of hydrogen-bond acceptors (Lipinski definition) is 4. The SMILES string of the molecule is Cc1c(O)n(CCOCC(F)F)c(=O)[nH]c1=O. The molecule has 0 saturated carbocycles. The van der Waals surface area contributed by atoms with Crippen molar-refractivity contribution in [3.05, 3.63) is 26.4 Å². The molecular weight excluding hydrogens is 238 g/mol. The number of hydrogen-bond donors (Lipinski definition) is 2. The molecule has 0 bridgehead atoms. The lowest BCUT2D eigenvalue weighted by Gasteiger charge is -2.09. The van der Waals surface area contributed by atoms with Crippen LogP contribution < -0.4 is 11.2 Å². The van der Waals surface area contributed by atoms with Gasteiger partial charge in [0.1, 0.15) is 6.61 Å². The van der Waals surface area contributed by atoms with E-state index in [0.29, 0.717) is 0 Å². The fraction of sp³-hybridized carbons (Fsp3) is 0.556. The Bertz CT molecular complexity index is 495. The summed E-state index contributed by atoms with van der Waals surface area (Å²) in [6.45, 7) is 0.320. The molecule has 0 aliphatic heterocycles. The fourth-order valence-corrected chi connectivity index (χ4v) is 1.19. The topological polar surface area (TPSA) is 84.3 Å². The number of ether oxygens (including phenoxy) is 1. The molecule has 0 spiro atoms. The maximum atomic E-state index is 11.7. The van der Waals surface area contributed by atoms with Crippen molar-refractivity contribution < 1.29 is 18.6 Å². The number of alkyl halides is 2. The van der Waals surface area contributed by atoms with E-state index in [9.17, 15) is 23.5 Å². The van der Waals surface area contributed by atoms with Gasteiger partial charge in [-0.05, 0) is 6.92 Å². The normalized spacial score (nSPS) is 11.1. The number of nitrogens with one attached hydrogen (secondary N) is 1. The van der Waals surface area contributed by atoms with Crippen LogP contribution in [0.4, 0.5) is 8.78 Å². The number of halogens is 2. The number of aromatic hydroxyl groups is 1. The largest absolute Gasteiger partial charge is 0.494 e. The van der Waals surface area contributed by atoms with Gasteiger partial charge >= 0.3 is 5.69 Å². The average molecular weight is 250 g/mol. The van der Waals surface area contributed by atoms with Crippen LogP contribution in [0.3, 0.4) is 0 Å². The standard InChI is InChI=1S/C9H12F2N2O4/c1-5-7(14)12-9(16)13(8(5)15)2-3-17-4-6(10)11/h6,15H,2-4H2,1H3,(H,12,14,16). The van der Waals surface area contributed by atoms with Gasteiger partial charge in [-0.25, -0.2) is 13.6 Å². The third-order valence-electron chi connectivity index (χ3n) is 2.10. The highest BCUT2D eigenvalue weighted by molar-refractivity contribution is 5.20. The van der Waals surface area contributed by atoms with E-state index in [1.54, 1.807) is 0 Å². The smallest absolute Gasteiger partial charge is 0.331 e. The van der Waals surface area contributed by atoms with Crippen molar-refractivity contribution in [2.45, 2.75) is 19.9 Å². The molecule has 0 saturated heterocycles. The maximum Gasteiger partial charge on any atom is 0.331 e. The molecule has 1 heterocycles. The summed E-state index contributed by atoms with van der Waals surface area (Å²) in [6, 6.07) is 0. The molecule has 0 amide bonds. The maximum absolute atomic E-state index is 11.7. The molecule has 0 fully saturated rings. The van der Waals surface area contributed by atoms with E-state index in [0.717, 1.165) is 4.57 Å². The molecule has 96 valence electrons. The second kappa shape index (κ2) is 5.58. The highest BCUT2D eigenvalue weighted by atomic mass is 19.3. The zero-order chi connectivity index (χ0) is 13.0. The molecule has 0 aliphatic rings. The van der Waals surface area contributed by atoms with E-state index in [1.807, 2.05) is 4.98 Å². The molecular formula is C9H12F2N2O4. The summed E-state index contributed by atoms with van der Waals surface area (Å²) in [4.78, 5) is 24.3. The van der Waals surface area contributed by atoms with Crippen LogP contribution in [-0.2, 0) is 11.3 Å². The van der Waals surface area contributed by atoms with Gasteiger partial charge in [-0.3, -0.25) is 14.3 Å². The van der Waals surface area contributed by atoms with Crippen LogP contribution in [0.2, 0.25) is 0 Å². The summed E-state index contributed by atoms with van der Waals surface area (Å²) < 4.78 is 28.9. The van der Waals surface area contributed by atoms with E-state index in [4.69, 9.17) is 0 Å². The van der Waals surface area contributed by atoms with Crippen LogP contribution in [0.5, 0.6) is 5.88 Å². The summed E-state index contributed by atoms with van der Waals surface area (Å²) in [7, 11) is 0. The Balaban J connectivity index is 2.75. The zero-order valence-corrected chi connectivity index (χ0v) is 9.07. The van der Waals surface area contributed by atoms with Gasteiger partial charge in [0, 0.05) is 0 Å². The minimum Gasteiger partial charge on any atom is -0.494 e. The Hall–Kier alpha value is -1.70. The lowest BCUT2D eigenvalue weighted by atomic mass is 10.3. The van der Waals surface area contributed by atoms with Crippen LogP contribution >= 0.6 is 0 Å². The monoisotopic (exact) mass is 250 g/mol. The third kappa shape index (κ3) is 3.38.